The average molecular weight is 298 g/mol. The quantitative estimate of drug-likeness (QED) is 0.588. The first-order valence-corrected chi connectivity index (χ1v) is 6.13. The van der Waals surface area contributed by atoms with Crippen LogP contribution in [0.4, 0.5) is 25.8 Å². The molecule has 0 aliphatic carbocycles. The largest absolute Gasteiger partial charge is 0.397 e. The summed E-state index contributed by atoms with van der Waals surface area (Å²) >= 11 is 0. The third kappa shape index (κ3) is 2.81. The zero-order chi connectivity index (χ0) is 15.0. The maximum absolute atomic E-state index is 14.3. The normalized spacial score (nSPS) is 19.8. The van der Waals surface area contributed by atoms with Crippen molar-refractivity contribution in [3.05, 3.63) is 12.4 Å². The minimum Gasteiger partial charge on any atom is -0.237 e. The van der Waals surface area contributed by atoms with Gasteiger partial charge in [0.15, 0.2) is 5.67 Å². The van der Waals surface area contributed by atoms with Gasteiger partial charge >= 0.3 is 16.4 Å². The molecule has 0 bridgehead atoms. The van der Waals surface area contributed by atoms with E-state index in [0.29, 0.717) is 20.8 Å². The van der Waals surface area contributed by atoms with Crippen LogP contribution in [-0.4, -0.2) is 25.5 Å². The van der Waals surface area contributed by atoms with Gasteiger partial charge < -0.3 is 0 Å². The molecule has 0 N–H and O–H groups in total. The van der Waals surface area contributed by atoms with Crippen LogP contribution in [0.25, 0.3) is 0 Å². The van der Waals surface area contributed by atoms with Crippen molar-refractivity contribution >= 4 is 10.2 Å². The van der Waals surface area contributed by atoms with Crippen LogP contribution in [0.5, 0.6) is 0 Å². The molecule has 0 saturated carbocycles. The minimum absolute atomic E-state index is 0.234. The summed E-state index contributed by atoms with van der Waals surface area (Å²) < 4.78 is 98.3. The Morgan fingerprint density at radius 1 is 1.11 bits per heavy atom. The fraction of sp³-hybridized carbons (Fsp3) is 0.778. The molecule has 0 aromatic rings. The summed E-state index contributed by atoms with van der Waals surface area (Å²) in [7, 11) is -5.62. The average Bonchev–Trinajstić information content (AvgIpc) is 2.13. The van der Waals surface area contributed by atoms with Gasteiger partial charge in [-0.15, -0.1) is 3.89 Å². The Bertz CT molecular complexity index is 425. The van der Waals surface area contributed by atoms with Gasteiger partial charge in [-0.1, -0.05) is 0 Å². The number of allylic oxidation sites excluding steroid dienone is 1. The summed E-state index contributed by atoms with van der Waals surface area (Å²) in [4.78, 5) is 0. The highest BCUT2D eigenvalue weighted by Gasteiger charge is 2.65. The van der Waals surface area contributed by atoms with Crippen LogP contribution in [0.15, 0.2) is 12.4 Å². The number of rotatable bonds is 4. The van der Waals surface area contributed by atoms with Crippen LogP contribution in [0.3, 0.4) is 0 Å². The molecule has 18 heavy (non-hydrogen) atoms. The summed E-state index contributed by atoms with van der Waals surface area (Å²) in [5.74, 6) is 0. The predicted octanol–water partition coefficient (Wildman–Crippen LogP) is 3.45. The molecule has 0 heterocycles. The molecule has 0 saturated heterocycles. The number of hydrogen-bond acceptors (Lipinski definition) is 2. The van der Waals surface area contributed by atoms with Gasteiger partial charge in [0.25, 0.3) is 0 Å². The molecule has 108 valence electrons. The van der Waals surface area contributed by atoms with E-state index in [4.69, 9.17) is 0 Å². The lowest BCUT2D eigenvalue weighted by atomic mass is 9.73. The van der Waals surface area contributed by atoms with Crippen molar-refractivity contribution in [3.8, 4) is 0 Å². The van der Waals surface area contributed by atoms with Crippen molar-refractivity contribution in [2.45, 2.75) is 37.9 Å². The third-order valence-electron chi connectivity index (χ3n) is 2.99. The second-order valence-electron chi connectivity index (χ2n) is 4.30. The highest BCUT2D eigenvalue weighted by molar-refractivity contribution is 7.87. The summed E-state index contributed by atoms with van der Waals surface area (Å²) in [5, 5.41) is -2.70. The summed E-state index contributed by atoms with van der Waals surface area (Å²) in [6.07, 6.45) is -6.00. The Balaban J connectivity index is 6.01. The van der Waals surface area contributed by atoms with Gasteiger partial charge in [-0.25, -0.2) is 8.78 Å². The standard InChI is InChI=1S/C9H12F6O2S/c1-6(18(15,16)17)8(11,4-5-10)7(2,3)9(12,13)14/h4-6H,1-3H3. The van der Waals surface area contributed by atoms with E-state index in [0.717, 1.165) is 0 Å². The van der Waals surface area contributed by atoms with Gasteiger partial charge in [0.2, 0.25) is 0 Å². The van der Waals surface area contributed by atoms with E-state index in [-0.39, 0.29) is 6.08 Å². The highest BCUT2D eigenvalue weighted by atomic mass is 32.3. The van der Waals surface area contributed by atoms with Crippen LogP contribution in [0, 0.1) is 5.41 Å². The topological polar surface area (TPSA) is 34.1 Å². The summed E-state index contributed by atoms with van der Waals surface area (Å²) in [6, 6.07) is 0. The van der Waals surface area contributed by atoms with Gasteiger partial charge in [0, 0.05) is 0 Å². The number of alkyl halides is 4. The van der Waals surface area contributed by atoms with Crippen molar-refractivity contribution in [2.75, 3.05) is 0 Å². The molecule has 0 aliphatic rings. The Morgan fingerprint density at radius 3 is 1.72 bits per heavy atom. The van der Waals surface area contributed by atoms with Crippen LogP contribution >= 0.6 is 0 Å². The molecule has 2 nitrogen and oxygen atoms in total. The Morgan fingerprint density at radius 2 is 1.50 bits per heavy atom. The second-order valence-corrected chi connectivity index (χ2v) is 5.96. The van der Waals surface area contributed by atoms with Gasteiger partial charge in [0.05, 0.1) is 11.7 Å². The smallest absolute Gasteiger partial charge is 0.237 e. The van der Waals surface area contributed by atoms with Gasteiger partial charge in [-0.2, -0.15) is 21.6 Å². The SMILES string of the molecule is CC(C(F)(C=CF)C(C)(C)C(F)(F)F)S(=O)(=O)F. The fourth-order valence-electron chi connectivity index (χ4n) is 1.37. The molecule has 2 unspecified atom stereocenters. The first-order chi connectivity index (χ1) is 7.72. The highest BCUT2D eigenvalue weighted by Crippen LogP contribution is 2.51. The van der Waals surface area contributed by atoms with Crippen molar-refractivity contribution in [1.29, 1.82) is 0 Å². The van der Waals surface area contributed by atoms with Crippen LogP contribution in [-0.2, 0) is 10.2 Å². The molecule has 0 amide bonds. The molecule has 0 aliphatic heterocycles. The maximum Gasteiger partial charge on any atom is 0.397 e. The Kier molecular flexibility index (Phi) is 4.55. The lowest BCUT2D eigenvalue weighted by Crippen LogP contribution is -2.56. The van der Waals surface area contributed by atoms with Crippen molar-refractivity contribution in [3.63, 3.8) is 0 Å². The molecular weight excluding hydrogens is 286 g/mol. The summed E-state index contributed by atoms with van der Waals surface area (Å²) in [6.45, 7) is 1.06. The molecule has 0 fully saturated rings. The maximum atomic E-state index is 14.3. The lowest BCUT2D eigenvalue weighted by Gasteiger charge is -2.41. The molecule has 0 aromatic heterocycles. The van der Waals surface area contributed by atoms with Crippen LogP contribution in [0.2, 0.25) is 0 Å². The molecule has 0 aromatic carbocycles. The van der Waals surface area contributed by atoms with E-state index in [1.54, 1.807) is 0 Å². The molecule has 0 radical (unpaired) electrons. The number of hydrogen-bond donors (Lipinski definition) is 0. The van der Waals surface area contributed by atoms with E-state index in [9.17, 15) is 34.3 Å². The van der Waals surface area contributed by atoms with E-state index < -0.39 is 39.1 Å². The van der Waals surface area contributed by atoms with Crippen LogP contribution in [0.1, 0.15) is 20.8 Å². The molecule has 9 heteroatoms. The first kappa shape index (κ1) is 17.3. The fourth-order valence-corrected chi connectivity index (χ4v) is 2.15. The molecule has 0 rings (SSSR count). The molecule has 0 spiro atoms. The number of halogens is 6. The minimum atomic E-state index is -5.62. The van der Waals surface area contributed by atoms with Crippen molar-refractivity contribution in [2.24, 2.45) is 5.41 Å². The lowest BCUT2D eigenvalue weighted by molar-refractivity contribution is -0.245. The predicted molar refractivity (Wildman–Crippen MR) is 53.4 cm³/mol. The zero-order valence-electron chi connectivity index (χ0n) is 9.72. The Hall–Kier alpha value is -0.730. The van der Waals surface area contributed by atoms with Crippen LogP contribution < -0.4 is 0 Å². The Labute approximate surface area is 101 Å². The van der Waals surface area contributed by atoms with E-state index >= 15 is 0 Å². The van der Waals surface area contributed by atoms with Gasteiger partial charge in [-0.3, -0.25) is 0 Å². The summed E-state index contributed by atoms with van der Waals surface area (Å²) in [5.41, 5.74) is -7.06. The first-order valence-electron chi connectivity index (χ1n) is 4.69. The van der Waals surface area contributed by atoms with Crippen molar-refractivity contribution < 1.29 is 34.3 Å². The monoisotopic (exact) mass is 298 g/mol. The second kappa shape index (κ2) is 4.75. The molecule has 2 atom stereocenters. The zero-order valence-corrected chi connectivity index (χ0v) is 10.5. The van der Waals surface area contributed by atoms with Crippen molar-refractivity contribution in [1.82, 2.24) is 0 Å². The van der Waals surface area contributed by atoms with E-state index in [1.165, 1.54) is 0 Å². The van der Waals surface area contributed by atoms with E-state index in [1.807, 2.05) is 0 Å². The molecular formula is C9H12F6O2S. The van der Waals surface area contributed by atoms with E-state index in [2.05, 4.69) is 0 Å². The van der Waals surface area contributed by atoms with Gasteiger partial charge in [-0.05, 0) is 26.8 Å². The van der Waals surface area contributed by atoms with Gasteiger partial charge in [0.1, 0.15) is 5.25 Å². The third-order valence-corrected chi connectivity index (χ3v) is 4.17.